The van der Waals surface area contributed by atoms with Crippen LogP contribution in [0.4, 0.5) is 0 Å². The molecule has 1 aliphatic heterocycles. The van der Waals surface area contributed by atoms with Crippen molar-refractivity contribution in [3.8, 4) is 5.75 Å². The van der Waals surface area contributed by atoms with Gasteiger partial charge in [0.05, 0.1) is 10.0 Å². The van der Waals surface area contributed by atoms with Crippen LogP contribution in [0.5, 0.6) is 5.75 Å². The average Bonchev–Trinajstić information content (AvgIpc) is 3.35. The third-order valence-electron chi connectivity index (χ3n) is 6.00. The summed E-state index contributed by atoms with van der Waals surface area (Å²) in [6, 6.07) is 4.95. The number of rotatable bonds is 7. The number of hydrogen-bond donors (Lipinski definition) is 3. The summed E-state index contributed by atoms with van der Waals surface area (Å²) in [6.07, 6.45) is 2.82. The summed E-state index contributed by atoms with van der Waals surface area (Å²) in [5.41, 5.74) is -0.249. The highest BCUT2D eigenvalue weighted by molar-refractivity contribution is 6.42. The van der Waals surface area contributed by atoms with Gasteiger partial charge in [-0.2, -0.15) is 0 Å². The molecule has 158 valence electrons. The van der Waals surface area contributed by atoms with E-state index in [-0.39, 0.29) is 36.2 Å². The van der Waals surface area contributed by atoms with Crippen LogP contribution < -0.4 is 20.7 Å². The number of benzene rings is 1. The first-order chi connectivity index (χ1) is 13.9. The summed E-state index contributed by atoms with van der Waals surface area (Å²) < 4.78 is 11.2. The summed E-state index contributed by atoms with van der Waals surface area (Å²) >= 11 is 11.8. The number of ether oxygens (including phenoxy) is 2. The van der Waals surface area contributed by atoms with E-state index in [9.17, 15) is 9.59 Å². The van der Waals surface area contributed by atoms with Crippen LogP contribution in [-0.2, 0) is 14.3 Å². The molecule has 9 heteroatoms. The number of amides is 2. The number of hydrogen-bond acceptors (Lipinski definition) is 5. The molecule has 3 saturated carbocycles. The second-order valence-electron chi connectivity index (χ2n) is 8.11. The first-order valence-electron chi connectivity index (χ1n) is 9.95. The number of nitrogens with one attached hydrogen (secondary N) is 3. The van der Waals surface area contributed by atoms with Gasteiger partial charge in [0.25, 0.3) is 11.8 Å². The minimum Gasteiger partial charge on any atom is -0.484 e. The summed E-state index contributed by atoms with van der Waals surface area (Å²) in [5, 5.41) is 10.2. The van der Waals surface area contributed by atoms with Gasteiger partial charge in [0.15, 0.2) is 12.7 Å². The number of halogens is 2. The van der Waals surface area contributed by atoms with Crippen LogP contribution in [0, 0.1) is 5.92 Å². The second kappa shape index (κ2) is 8.30. The van der Waals surface area contributed by atoms with Gasteiger partial charge in [0.2, 0.25) is 0 Å². The highest BCUT2D eigenvalue weighted by Crippen LogP contribution is 2.52. The predicted octanol–water partition coefficient (Wildman–Crippen LogP) is 2.25. The van der Waals surface area contributed by atoms with Crippen molar-refractivity contribution in [1.82, 2.24) is 16.0 Å². The van der Waals surface area contributed by atoms with Gasteiger partial charge in [-0.15, -0.1) is 0 Å². The molecule has 0 radical (unpaired) electrons. The Bertz CT molecular complexity index is 800. The average molecular weight is 442 g/mol. The minimum atomic E-state index is -0.442. The largest absolute Gasteiger partial charge is 0.484 e. The van der Waals surface area contributed by atoms with Gasteiger partial charge in [-0.3, -0.25) is 14.9 Å². The van der Waals surface area contributed by atoms with E-state index in [1.54, 1.807) is 18.2 Å². The molecular weight excluding hydrogens is 417 g/mol. The van der Waals surface area contributed by atoms with Crippen molar-refractivity contribution >= 4 is 35.0 Å². The summed E-state index contributed by atoms with van der Waals surface area (Å²) in [4.78, 5) is 24.8. The van der Waals surface area contributed by atoms with E-state index in [0.717, 1.165) is 25.7 Å². The Labute approximate surface area is 179 Å². The van der Waals surface area contributed by atoms with Crippen LogP contribution in [0.15, 0.2) is 18.2 Å². The number of carbonyl (C=O) groups excluding carboxylic acids is 2. The predicted molar refractivity (Wildman–Crippen MR) is 109 cm³/mol. The highest BCUT2D eigenvalue weighted by atomic mass is 35.5. The van der Waals surface area contributed by atoms with Gasteiger partial charge >= 0.3 is 0 Å². The molecule has 1 aromatic carbocycles. The van der Waals surface area contributed by atoms with Crippen LogP contribution >= 0.6 is 23.2 Å². The maximum absolute atomic E-state index is 12.5. The monoisotopic (exact) mass is 441 g/mol. The van der Waals surface area contributed by atoms with Crippen molar-refractivity contribution in [2.75, 3.05) is 13.2 Å². The van der Waals surface area contributed by atoms with E-state index >= 15 is 0 Å². The zero-order valence-electron chi connectivity index (χ0n) is 16.2. The Morgan fingerprint density at radius 3 is 2.76 bits per heavy atom. The van der Waals surface area contributed by atoms with Crippen LogP contribution in [-0.4, -0.2) is 48.9 Å². The van der Waals surface area contributed by atoms with Gasteiger partial charge in [-0.25, -0.2) is 0 Å². The molecule has 3 unspecified atom stereocenters. The second-order valence-corrected chi connectivity index (χ2v) is 8.92. The maximum atomic E-state index is 12.5. The standard InChI is InChI=1S/C20H25Cl2N3O4/c1-2-18-23-9-16(29-18)19(27)24-15-8-20(6-11(15)7-20)25-17(26)10-28-12-3-4-13(21)14(22)5-12/h3-5,11,15-16,18,23H,2,6-10H2,1H3,(H,24,27)(H,25,26). The molecule has 1 heterocycles. The van der Waals surface area contributed by atoms with E-state index < -0.39 is 6.10 Å². The van der Waals surface area contributed by atoms with Crippen LogP contribution in [0.2, 0.25) is 10.0 Å². The van der Waals surface area contributed by atoms with E-state index in [0.29, 0.717) is 28.3 Å². The molecule has 3 N–H and O–H groups in total. The van der Waals surface area contributed by atoms with Gasteiger partial charge in [-0.1, -0.05) is 30.1 Å². The van der Waals surface area contributed by atoms with E-state index in [1.165, 1.54) is 0 Å². The Morgan fingerprint density at radius 1 is 1.28 bits per heavy atom. The first kappa shape index (κ1) is 20.7. The molecular formula is C20H25Cl2N3O4. The van der Waals surface area contributed by atoms with Crippen LogP contribution in [0.25, 0.3) is 0 Å². The summed E-state index contributed by atoms with van der Waals surface area (Å²) in [7, 11) is 0. The molecule has 2 amide bonds. The molecule has 7 nitrogen and oxygen atoms in total. The normalized spacial score (nSPS) is 32.5. The fourth-order valence-corrected chi connectivity index (χ4v) is 4.84. The van der Waals surface area contributed by atoms with Crippen molar-refractivity contribution in [1.29, 1.82) is 0 Å². The Balaban J connectivity index is 1.23. The SMILES string of the molecule is CCC1NCC(C(=O)NC2CC3(NC(=O)COc4ccc(Cl)c(Cl)c4)CC2C3)O1. The van der Waals surface area contributed by atoms with Crippen molar-refractivity contribution in [3.05, 3.63) is 28.2 Å². The zero-order chi connectivity index (χ0) is 20.6. The van der Waals surface area contributed by atoms with Crippen molar-refractivity contribution < 1.29 is 19.1 Å². The van der Waals surface area contributed by atoms with Gasteiger partial charge in [0, 0.05) is 24.2 Å². The minimum absolute atomic E-state index is 0.0517. The molecule has 1 aromatic rings. The third kappa shape index (κ3) is 4.48. The fourth-order valence-electron chi connectivity index (χ4n) is 4.56. The molecule has 0 spiro atoms. The molecule has 29 heavy (non-hydrogen) atoms. The molecule has 4 aliphatic rings. The van der Waals surface area contributed by atoms with Gasteiger partial charge in [0.1, 0.15) is 12.0 Å². The van der Waals surface area contributed by atoms with Gasteiger partial charge < -0.3 is 20.1 Å². The lowest BCUT2D eigenvalue weighted by atomic mass is 9.76. The third-order valence-corrected chi connectivity index (χ3v) is 6.74. The van der Waals surface area contributed by atoms with Crippen LogP contribution in [0.3, 0.4) is 0 Å². The molecule has 0 aromatic heterocycles. The molecule has 1 saturated heterocycles. The fraction of sp³-hybridized carbons (Fsp3) is 0.600. The number of fused-ring (bicyclic) bond motifs is 1. The molecule has 4 fully saturated rings. The van der Waals surface area contributed by atoms with Crippen LogP contribution in [0.1, 0.15) is 32.6 Å². The van der Waals surface area contributed by atoms with E-state index in [4.69, 9.17) is 32.7 Å². The van der Waals surface area contributed by atoms with Gasteiger partial charge in [-0.05, 0) is 43.7 Å². The van der Waals surface area contributed by atoms with E-state index in [1.807, 2.05) is 6.92 Å². The lowest BCUT2D eigenvalue weighted by Gasteiger charge is -2.39. The smallest absolute Gasteiger partial charge is 0.258 e. The molecule has 3 atom stereocenters. The Morgan fingerprint density at radius 2 is 2.07 bits per heavy atom. The van der Waals surface area contributed by atoms with Crippen molar-refractivity contribution in [2.45, 2.75) is 56.5 Å². The number of carbonyl (C=O) groups is 2. The Hall–Kier alpha value is -1.54. The molecule has 3 aliphatic carbocycles. The lowest BCUT2D eigenvalue weighted by Crippen LogP contribution is -2.53. The topological polar surface area (TPSA) is 88.7 Å². The summed E-state index contributed by atoms with van der Waals surface area (Å²) in [5.74, 6) is 0.628. The quantitative estimate of drug-likeness (QED) is 0.603. The lowest BCUT2D eigenvalue weighted by molar-refractivity contribution is -0.132. The Kier molecular flexibility index (Phi) is 5.93. The van der Waals surface area contributed by atoms with E-state index in [2.05, 4.69) is 16.0 Å². The first-order valence-corrected chi connectivity index (χ1v) is 10.7. The molecule has 2 bridgehead atoms. The van der Waals surface area contributed by atoms with Crippen molar-refractivity contribution in [3.63, 3.8) is 0 Å². The maximum Gasteiger partial charge on any atom is 0.258 e. The molecule has 5 rings (SSSR count). The van der Waals surface area contributed by atoms with Crippen molar-refractivity contribution in [2.24, 2.45) is 5.92 Å². The zero-order valence-corrected chi connectivity index (χ0v) is 17.7. The summed E-state index contributed by atoms with van der Waals surface area (Å²) in [6.45, 7) is 2.46. The highest BCUT2D eigenvalue weighted by Gasteiger charge is 2.57.